The second kappa shape index (κ2) is 12.3. The van der Waals surface area contributed by atoms with E-state index >= 15 is 0 Å². The number of unbranched alkanes of at least 4 members (excludes halogenated alkanes) is 1. The first kappa shape index (κ1) is 28.1. The minimum absolute atomic E-state index is 0.109. The zero-order valence-electron chi connectivity index (χ0n) is 21.1. The predicted octanol–water partition coefficient (Wildman–Crippen LogP) is 5.60. The van der Waals surface area contributed by atoms with E-state index in [4.69, 9.17) is 9.15 Å². The van der Waals surface area contributed by atoms with Crippen molar-refractivity contribution in [3.63, 3.8) is 0 Å². The minimum atomic E-state index is -4.37. The maximum atomic E-state index is 12.7. The molecular formula is C27H27F3N4O4S. The zero-order valence-corrected chi connectivity index (χ0v) is 22.0. The third kappa shape index (κ3) is 9.10. The summed E-state index contributed by atoms with van der Waals surface area (Å²) in [6.07, 6.45) is 5.84. The van der Waals surface area contributed by atoms with Gasteiger partial charge >= 0.3 is 6.18 Å². The highest BCUT2D eigenvalue weighted by atomic mass is 32.2. The third-order valence-corrected chi connectivity index (χ3v) is 6.45. The standard InChI is InChI=1S/C27H27F3N4O4S/c1-39(35,36)19-23-16-34(33-32-23)15-3-2-4-20-7-12-25(13-8-20)37-17-24-18-38-26(31-24)14-9-21-5-10-22(11-6-21)27(28,29)30/h5-14,16,18H,2-4,15,17,19H2,1H3. The topological polar surface area (TPSA) is 100 Å². The van der Waals surface area contributed by atoms with E-state index in [0.29, 0.717) is 35.1 Å². The van der Waals surface area contributed by atoms with Crippen LogP contribution in [0.25, 0.3) is 12.2 Å². The Kier molecular flexibility index (Phi) is 8.85. The van der Waals surface area contributed by atoms with Gasteiger partial charge < -0.3 is 9.15 Å². The molecule has 0 aliphatic rings. The highest BCUT2D eigenvalue weighted by Gasteiger charge is 2.29. The van der Waals surface area contributed by atoms with Crippen LogP contribution < -0.4 is 4.74 Å². The lowest BCUT2D eigenvalue weighted by molar-refractivity contribution is -0.137. The Balaban J connectivity index is 1.18. The van der Waals surface area contributed by atoms with Crippen LogP contribution in [0.5, 0.6) is 5.75 Å². The molecule has 206 valence electrons. The fourth-order valence-electron chi connectivity index (χ4n) is 3.71. The van der Waals surface area contributed by atoms with Crippen molar-refractivity contribution < 1.29 is 30.7 Å². The first-order valence-corrected chi connectivity index (χ1v) is 14.2. The van der Waals surface area contributed by atoms with Gasteiger partial charge in [-0.1, -0.05) is 29.5 Å². The fraction of sp³-hybridized carbons (Fsp3) is 0.296. The molecular weight excluding hydrogens is 533 g/mol. The quantitative estimate of drug-likeness (QED) is 0.208. The Bertz CT molecular complexity index is 1490. The van der Waals surface area contributed by atoms with Gasteiger partial charge in [-0.3, -0.25) is 4.68 Å². The maximum absolute atomic E-state index is 12.7. The highest BCUT2D eigenvalue weighted by molar-refractivity contribution is 7.89. The van der Waals surface area contributed by atoms with E-state index in [2.05, 4.69) is 15.3 Å². The Morgan fingerprint density at radius 3 is 2.44 bits per heavy atom. The van der Waals surface area contributed by atoms with Crippen LogP contribution in [0.4, 0.5) is 13.2 Å². The molecule has 8 nitrogen and oxygen atoms in total. The zero-order chi connectivity index (χ0) is 27.9. The average molecular weight is 561 g/mol. The SMILES string of the molecule is CS(=O)(=O)Cc1cn(CCCCc2ccc(OCc3coc(C=Cc4ccc(C(F)(F)F)cc4)n3)cc2)nn1. The number of oxazole rings is 1. The second-order valence-corrected chi connectivity index (χ2v) is 11.2. The lowest BCUT2D eigenvalue weighted by atomic mass is 10.1. The number of rotatable bonds is 12. The Labute approximate surface area is 224 Å². The molecule has 0 amide bonds. The van der Waals surface area contributed by atoms with Crippen molar-refractivity contribution in [2.75, 3.05) is 6.26 Å². The summed E-state index contributed by atoms with van der Waals surface area (Å²) in [6, 6.07) is 12.6. The van der Waals surface area contributed by atoms with Crippen molar-refractivity contribution >= 4 is 22.0 Å². The molecule has 39 heavy (non-hydrogen) atoms. The molecule has 0 saturated heterocycles. The van der Waals surface area contributed by atoms with Crippen LogP contribution in [0.3, 0.4) is 0 Å². The molecule has 0 atom stereocenters. The summed E-state index contributed by atoms with van der Waals surface area (Å²) >= 11 is 0. The normalized spacial score (nSPS) is 12.3. The van der Waals surface area contributed by atoms with Gasteiger partial charge in [0.15, 0.2) is 9.84 Å². The van der Waals surface area contributed by atoms with Gasteiger partial charge in [0.25, 0.3) is 0 Å². The number of aromatic nitrogens is 4. The van der Waals surface area contributed by atoms with E-state index in [9.17, 15) is 21.6 Å². The van der Waals surface area contributed by atoms with E-state index in [1.54, 1.807) is 23.0 Å². The van der Waals surface area contributed by atoms with Crippen LogP contribution >= 0.6 is 0 Å². The molecule has 2 aromatic heterocycles. The molecule has 0 saturated carbocycles. The van der Waals surface area contributed by atoms with Gasteiger partial charge in [0.05, 0.1) is 17.0 Å². The smallest absolute Gasteiger partial charge is 0.416 e. The summed E-state index contributed by atoms with van der Waals surface area (Å²) in [6.45, 7) is 0.868. The Morgan fingerprint density at radius 2 is 1.74 bits per heavy atom. The highest BCUT2D eigenvalue weighted by Crippen LogP contribution is 2.29. The van der Waals surface area contributed by atoms with Crippen molar-refractivity contribution in [3.8, 4) is 5.75 Å². The number of hydrogen-bond donors (Lipinski definition) is 0. The summed E-state index contributed by atoms with van der Waals surface area (Å²) < 4.78 is 73.5. The number of ether oxygens (including phenoxy) is 1. The maximum Gasteiger partial charge on any atom is 0.416 e. The van der Waals surface area contributed by atoms with Gasteiger partial charge in [0.1, 0.15) is 24.3 Å². The first-order chi connectivity index (χ1) is 18.5. The van der Waals surface area contributed by atoms with Crippen molar-refractivity contribution in [2.24, 2.45) is 0 Å². The van der Waals surface area contributed by atoms with E-state index in [1.165, 1.54) is 24.7 Å². The molecule has 0 fully saturated rings. The lowest BCUT2D eigenvalue weighted by Gasteiger charge is -2.06. The molecule has 0 bridgehead atoms. The van der Waals surface area contributed by atoms with E-state index in [1.807, 2.05) is 24.3 Å². The van der Waals surface area contributed by atoms with Crippen LogP contribution in [0.2, 0.25) is 0 Å². The monoisotopic (exact) mass is 560 g/mol. The number of sulfone groups is 1. The molecule has 4 aromatic rings. The van der Waals surface area contributed by atoms with Gasteiger partial charge in [-0.15, -0.1) is 5.10 Å². The van der Waals surface area contributed by atoms with Crippen LogP contribution in [0.1, 0.15) is 46.8 Å². The van der Waals surface area contributed by atoms with Crippen molar-refractivity contribution in [3.05, 3.63) is 95.0 Å². The van der Waals surface area contributed by atoms with Gasteiger partial charge in [0, 0.05) is 25.1 Å². The lowest BCUT2D eigenvalue weighted by Crippen LogP contribution is -2.03. The first-order valence-electron chi connectivity index (χ1n) is 12.1. The average Bonchev–Trinajstić information content (AvgIpc) is 3.53. The van der Waals surface area contributed by atoms with Crippen LogP contribution in [-0.2, 0) is 41.3 Å². The van der Waals surface area contributed by atoms with E-state index < -0.39 is 21.6 Å². The number of alkyl halides is 3. The molecule has 0 unspecified atom stereocenters. The number of hydrogen-bond acceptors (Lipinski definition) is 7. The van der Waals surface area contributed by atoms with E-state index in [0.717, 1.165) is 37.0 Å². The van der Waals surface area contributed by atoms with Crippen molar-refractivity contribution in [1.29, 1.82) is 0 Å². The molecule has 12 heteroatoms. The number of aryl methyl sites for hydroxylation is 2. The molecule has 0 aliphatic heterocycles. The van der Waals surface area contributed by atoms with Crippen molar-refractivity contribution in [1.82, 2.24) is 20.0 Å². The third-order valence-electron chi connectivity index (χ3n) is 5.63. The molecule has 2 heterocycles. The van der Waals surface area contributed by atoms with E-state index in [-0.39, 0.29) is 12.4 Å². The summed E-state index contributed by atoms with van der Waals surface area (Å²) in [7, 11) is -3.13. The predicted molar refractivity (Wildman–Crippen MR) is 139 cm³/mol. The van der Waals surface area contributed by atoms with Crippen molar-refractivity contribution in [2.45, 2.75) is 44.3 Å². The number of halogens is 3. The molecule has 0 N–H and O–H groups in total. The van der Waals surface area contributed by atoms with Gasteiger partial charge in [0.2, 0.25) is 5.89 Å². The van der Waals surface area contributed by atoms with Crippen LogP contribution in [0.15, 0.2) is 65.4 Å². The fourth-order valence-corrected chi connectivity index (χ4v) is 4.38. The second-order valence-electron chi connectivity index (χ2n) is 9.06. The minimum Gasteiger partial charge on any atom is -0.487 e. The number of benzene rings is 2. The van der Waals surface area contributed by atoms with Gasteiger partial charge in [-0.2, -0.15) is 13.2 Å². The van der Waals surface area contributed by atoms with Crippen LogP contribution in [0, 0.1) is 0 Å². The summed E-state index contributed by atoms with van der Waals surface area (Å²) in [5.41, 5.74) is 2.09. The molecule has 0 spiro atoms. The van der Waals surface area contributed by atoms with Gasteiger partial charge in [-0.05, 0) is 60.7 Å². The molecule has 0 radical (unpaired) electrons. The molecule has 2 aromatic carbocycles. The Morgan fingerprint density at radius 1 is 1.00 bits per heavy atom. The number of nitrogens with zero attached hydrogens (tertiary/aromatic N) is 4. The Hall–Kier alpha value is -3.93. The summed E-state index contributed by atoms with van der Waals surface area (Å²) in [5, 5.41) is 7.87. The largest absolute Gasteiger partial charge is 0.487 e. The molecule has 0 aliphatic carbocycles. The summed E-state index contributed by atoms with van der Waals surface area (Å²) in [5.74, 6) is 0.897. The van der Waals surface area contributed by atoms with Gasteiger partial charge in [-0.25, -0.2) is 13.4 Å². The van der Waals surface area contributed by atoms with Crippen LogP contribution in [-0.4, -0.2) is 34.7 Å². The summed E-state index contributed by atoms with van der Waals surface area (Å²) in [4.78, 5) is 4.31. The molecule has 4 rings (SSSR count).